The Balaban J connectivity index is 2.28. The second kappa shape index (κ2) is 4.76. The fourth-order valence-corrected chi connectivity index (χ4v) is 2.29. The van der Waals surface area contributed by atoms with Crippen LogP contribution >= 0.6 is 0 Å². The molecule has 0 aromatic heterocycles. The van der Waals surface area contributed by atoms with Gasteiger partial charge in [-0.05, 0) is 43.5 Å². The summed E-state index contributed by atoms with van der Waals surface area (Å²) in [5, 5.41) is 9.02. The van der Waals surface area contributed by atoms with Crippen molar-refractivity contribution in [2.45, 2.75) is 25.8 Å². The van der Waals surface area contributed by atoms with E-state index >= 15 is 0 Å². The summed E-state index contributed by atoms with van der Waals surface area (Å²) in [5.74, 6) is -1.90. The first kappa shape index (κ1) is 12.5. The normalized spacial score (nSPS) is 19.0. The van der Waals surface area contributed by atoms with Crippen molar-refractivity contribution in [3.05, 3.63) is 35.1 Å². The zero-order chi connectivity index (χ0) is 13.3. The third-order valence-corrected chi connectivity index (χ3v) is 3.09. The summed E-state index contributed by atoms with van der Waals surface area (Å²) in [4.78, 5) is 24.5. The van der Waals surface area contributed by atoms with Gasteiger partial charge in [-0.1, -0.05) is 0 Å². The third-order valence-electron chi connectivity index (χ3n) is 3.09. The minimum Gasteiger partial charge on any atom is -0.480 e. The number of aryl methyl sites for hydroxylation is 1. The predicted octanol–water partition coefficient (Wildman–Crippen LogP) is 1.82. The quantitative estimate of drug-likeness (QED) is 0.872. The number of benzene rings is 1. The molecule has 1 heterocycles. The molecule has 2 rings (SSSR count). The molecule has 4 nitrogen and oxygen atoms in total. The van der Waals surface area contributed by atoms with Gasteiger partial charge in [0, 0.05) is 12.1 Å². The molecule has 0 aliphatic carbocycles. The van der Waals surface area contributed by atoms with Crippen molar-refractivity contribution in [1.29, 1.82) is 0 Å². The molecule has 1 N–H and O–H groups in total. The summed E-state index contributed by atoms with van der Waals surface area (Å²) >= 11 is 0. The van der Waals surface area contributed by atoms with E-state index in [0.717, 1.165) is 6.07 Å². The molecule has 1 aromatic rings. The molecular formula is C13H14FNO3. The van der Waals surface area contributed by atoms with Crippen LogP contribution in [0.15, 0.2) is 18.2 Å². The van der Waals surface area contributed by atoms with Crippen LogP contribution in [0.25, 0.3) is 0 Å². The molecule has 1 aliphatic rings. The second-order valence-electron chi connectivity index (χ2n) is 4.51. The number of hydrogen-bond acceptors (Lipinski definition) is 2. The minimum atomic E-state index is -1.01. The summed E-state index contributed by atoms with van der Waals surface area (Å²) in [6.07, 6.45) is 1.12. The van der Waals surface area contributed by atoms with Crippen LogP contribution in [-0.2, 0) is 4.79 Å². The fourth-order valence-electron chi connectivity index (χ4n) is 2.29. The Morgan fingerprint density at radius 3 is 2.72 bits per heavy atom. The highest BCUT2D eigenvalue weighted by Gasteiger charge is 2.34. The molecule has 1 aromatic carbocycles. The van der Waals surface area contributed by atoms with Gasteiger partial charge in [0.1, 0.15) is 11.9 Å². The third kappa shape index (κ3) is 2.34. The van der Waals surface area contributed by atoms with Crippen LogP contribution in [0.2, 0.25) is 0 Å². The average Bonchev–Trinajstić information content (AvgIpc) is 2.75. The molecule has 0 bridgehead atoms. The predicted molar refractivity (Wildman–Crippen MR) is 62.8 cm³/mol. The van der Waals surface area contributed by atoms with Gasteiger partial charge in [-0.25, -0.2) is 9.18 Å². The first-order chi connectivity index (χ1) is 8.49. The first-order valence-electron chi connectivity index (χ1n) is 5.80. The van der Waals surface area contributed by atoms with Gasteiger partial charge in [0.25, 0.3) is 5.91 Å². The number of carbonyl (C=O) groups is 2. The summed E-state index contributed by atoms with van der Waals surface area (Å²) in [5.41, 5.74) is 0.852. The van der Waals surface area contributed by atoms with E-state index in [1.54, 1.807) is 13.0 Å². The molecule has 1 unspecified atom stereocenters. The van der Waals surface area contributed by atoms with E-state index in [2.05, 4.69) is 0 Å². The Morgan fingerprint density at radius 1 is 1.39 bits per heavy atom. The van der Waals surface area contributed by atoms with Gasteiger partial charge in [-0.3, -0.25) is 4.79 Å². The standard InChI is InChI=1S/C13H14FNO3/c1-8-5-9(7-10(14)6-8)12(16)15-4-2-3-11(15)13(17)18/h5-7,11H,2-4H2,1H3,(H,17,18). The molecule has 1 fully saturated rings. The number of carboxylic acid groups (broad SMARTS) is 1. The van der Waals surface area contributed by atoms with Gasteiger partial charge in [-0.2, -0.15) is 0 Å². The zero-order valence-corrected chi connectivity index (χ0v) is 10.0. The van der Waals surface area contributed by atoms with Crippen LogP contribution in [0.5, 0.6) is 0 Å². The van der Waals surface area contributed by atoms with Gasteiger partial charge in [0.05, 0.1) is 0 Å². The van der Waals surface area contributed by atoms with E-state index in [1.807, 2.05) is 0 Å². The average molecular weight is 251 g/mol. The lowest BCUT2D eigenvalue weighted by Gasteiger charge is -2.21. The first-order valence-corrected chi connectivity index (χ1v) is 5.80. The molecule has 5 heteroatoms. The van der Waals surface area contributed by atoms with Crippen molar-refractivity contribution in [2.75, 3.05) is 6.54 Å². The van der Waals surface area contributed by atoms with Crippen LogP contribution in [0, 0.1) is 12.7 Å². The van der Waals surface area contributed by atoms with Crippen molar-refractivity contribution >= 4 is 11.9 Å². The highest BCUT2D eigenvalue weighted by atomic mass is 19.1. The number of nitrogens with zero attached hydrogens (tertiary/aromatic N) is 1. The van der Waals surface area contributed by atoms with Gasteiger partial charge in [-0.15, -0.1) is 0 Å². The van der Waals surface area contributed by atoms with Crippen LogP contribution in [0.4, 0.5) is 4.39 Å². The Morgan fingerprint density at radius 2 is 2.11 bits per heavy atom. The SMILES string of the molecule is Cc1cc(F)cc(C(=O)N2CCCC2C(=O)O)c1. The van der Waals surface area contributed by atoms with E-state index in [4.69, 9.17) is 5.11 Å². The van der Waals surface area contributed by atoms with Crippen molar-refractivity contribution < 1.29 is 19.1 Å². The van der Waals surface area contributed by atoms with Crippen LogP contribution in [0.3, 0.4) is 0 Å². The van der Waals surface area contributed by atoms with Gasteiger partial charge in [0.2, 0.25) is 0 Å². The maximum absolute atomic E-state index is 13.2. The number of carboxylic acids is 1. The number of aliphatic carboxylic acids is 1. The molecule has 96 valence electrons. The Kier molecular flexibility index (Phi) is 3.32. The van der Waals surface area contributed by atoms with Crippen LogP contribution in [0.1, 0.15) is 28.8 Å². The summed E-state index contributed by atoms with van der Waals surface area (Å²) in [6.45, 7) is 2.10. The van der Waals surface area contributed by atoms with Gasteiger partial charge < -0.3 is 10.0 Å². The maximum atomic E-state index is 13.2. The van der Waals surface area contributed by atoms with E-state index in [9.17, 15) is 14.0 Å². The van der Waals surface area contributed by atoms with E-state index < -0.39 is 23.7 Å². The monoisotopic (exact) mass is 251 g/mol. The molecule has 1 aliphatic heterocycles. The summed E-state index contributed by atoms with van der Waals surface area (Å²) < 4.78 is 13.2. The lowest BCUT2D eigenvalue weighted by Crippen LogP contribution is -2.40. The highest BCUT2D eigenvalue weighted by molar-refractivity contribution is 5.97. The van der Waals surface area contributed by atoms with Crippen LogP contribution in [-0.4, -0.2) is 34.5 Å². The Bertz CT molecular complexity index is 481. The van der Waals surface area contributed by atoms with E-state index in [1.165, 1.54) is 11.0 Å². The highest BCUT2D eigenvalue weighted by Crippen LogP contribution is 2.21. The number of halogens is 1. The maximum Gasteiger partial charge on any atom is 0.326 e. The molecule has 1 atom stereocenters. The lowest BCUT2D eigenvalue weighted by molar-refractivity contribution is -0.141. The van der Waals surface area contributed by atoms with Crippen molar-refractivity contribution in [1.82, 2.24) is 4.90 Å². The topological polar surface area (TPSA) is 57.6 Å². The molecule has 0 saturated carbocycles. The smallest absolute Gasteiger partial charge is 0.326 e. The Labute approximate surface area is 104 Å². The Hall–Kier alpha value is -1.91. The lowest BCUT2D eigenvalue weighted by atomic mass is 10.1. The molecule has 18 heavy (non-hydrogen) atoms. The van der Waals surface area contributed by atoms with E-state index in [0.29, 0.717) is 24.9 Å². The number of amides is 1. The van der Waals surface area contributed by atoms with Crippen molar-refractivity contribution in [3.63, 3.8) is 0 Å². The number of rotatable bonds is 2. The summed E-state index contributed by atoms with van der Waals surface area (Å²) in [7, 11) is 0. The van der Waals surface area contributed by atoms with Crippen molar-refractivity contribution in [2.24, 2.45) is 0 Å². The van der Waals surface area contributed by atoms with E-state index in [-0.39, 0.29) is 5.56 Å². The second-order valence-corrected chi connectivity index (χ2v) is 4.51. The van der Waals surface area contributed by atoms with Crippen LogP contribution < -0.4 is 0 Å². The fraction of sp³-hybridized carbons (Fsp3) is 0.385. The number of carbonyl (C=O) groups excluding carboxylic acids is 1. The van der Waals surface area contributed by atoms with Crippen molar-refractivity contribution in [3.8, 4) is 0 Å². The van der Waals surface area contributed by atoms with Gasteiger partial charge >= 0.3 is 5.97 Å². The number of hydrogen-bond donors (Lipinski definition) is 1. The molecular weight excluding hydrogens is 237 g/mol. The molecule has 1 amide bonds. The molecule has 0 radical (unpaired) electrons. The largest absolute Gasteiger partial charge is 0.480 e. The summed E-state index contributed by atoms with van der Waals surface area (Å²) in [6, 6.07) is 3.26. The molecule has 1 saturated heterocycles. The molecule has 0 spiro atoms. The minimum absolute atomic E-state index is 0.209. The van der Waals surface area contributed by atoms with Gasteiger partial charge in [0.15, 0.2) is 0 Å². The number of likely N-dealkylation sites (tertiary alicyclic amines) is 1. The zero-order valence-electron chi connectivity index (χ0n) is 10.0.